The van der Waals surface area contributed by atoms with Crippen molar-refractivity contribution in [3.63, 3.8) is 0 Å². The molecule has 0 unspecified atom stereocenters. The van der Waals surface area contributed by atoms with E-state index in [9.17, 15) is 19.7 Å². The number of nitrogens with zero attached hydrogens (tertiary/aromatic N) is 2. The van der Waals surface area contributed by atoms with Gasteiger partial charge in [0.1, 0.15) is 12.2 Å². The molecule has 0 aliphatic carbocycles. The maximum absolute atomic E-state index is 11.8. The van der Waals surface area contributed by atoms with Gasteiger partial charge in [-0.3, -0.25) is 9.59 Å². The van der Waals surface area contributed by atoms with Crippen molar-refractivity contribution in [2.24, 2.45) is 5.92 Å². The Balaban J connectivity index is 2.50. The van der Waals surface area contributed by atoms with Crippen molar-refractivity contribution in [2.45, 2.75) is 20.6 Å². The molecule has 1 aromatic heterocycles. The van der Waals surface area contributed by atoms with Crippen LogP contribution in [0.5, 0.6) is 0 Å². The normalized spacial score (nSPS) is 10.1. The van der Waals surface area contributed by atoms with E-state index in [1.165, 1.54) is 6.20 Å². The molecule has 1 rings (SSSR count). The van der Waals surface area contributed by atoms with Crippen LogP contribution >= 0.6 is 0 Å². The zero-order valence-corrected chi connectivity index (χ0v) is 12.4. The molecular formula is C13H18N3O6+. The lowest BCUT2D eigenvalue weighted by molar-refractivity contribution is -0.757. The average Bonchev–Trinajstić information content (AvgIpc) is 2.48. The summed E-state index contributed by atoms with van der Waals surface area (Å²) in [7, 11) is 0. The fourth-order valence-electron chi connectivity index (χ4n) is 1.43. The number of carbonyl (C=O) groups excluding carboxylic acids is 2. The van der Waals surface area contributed by atoms with Gasteiger partial charge in [-0.25, -0.2) is 0 Å². The van der Waals surface area contributed by atoms with Gasteiger partial charge in [0.05, 0.1) is 5.92 Å². The molecule has 120 valence electrons. The van der Waals surface area contributed by atoms with Crippen LogP contribution in [0.4, 0.5) is 0 Å². The van der Waals surface area contributed by atoms with E-state index in [0.29, 0.717) is 5.56 Å². The molecule has 1 N–H and O–H groups in total. The Morgan fingerprint density at radius 3 is 2.82 bits per heavy atom. The standard InChI is InChI=1S/C13H17N3O6/c1-10(2)13(18)21-9-15-6-3-4-11(8-15)12(17)14-5-7-22-16(19)20/h3-4,6,8,10H,5,7,9H2,1-2H3/p+1. The van der Waals surface area contributed by atoms with Crippen molar-refractivity contribution in [1.82, 2.24) is 5.32 Å². The molecule has 0 bridgehead atoms. The van der Waals surface area contributed by atoms with Gasteiger partial charge in [-0.2, -0.15) is 4.57 Å². The summed E-state index contributed by atoms with van der Waals surface area (Å²) in [6.45, 7) is 3.24. The highest BCUT2D eigenvalue weighted by atomic mass is 16.9. The van der Waals surface area contributed by atoms with Gasteiger partial charge in [-0.05, 0) is 6.07 Å². The first kappa shape index (κ1) is 17.3. The van der Waals surface area contributed by atoms with Gasteiger partial charge < -0.3 is 14.9 Å². The highest BCUT2D eigenvalue weighted by molar-refractivity contribution is 5.93. The van der Waals surface area contributed by atoms with Crippen molar-refractivity contribution < 1.29 is 28.8 Å². The molecule has 0 saturated carbocycles. The van der Waals surface area contributed by atoms with Crippen LogP contribution in [0.25, 0.3) is 0 Å². The number of hydrogen-bond donors (Lipinski definition) is 1. The highest BCUT2D eigenvalue weighted by Crippen LogP contribution is 1.97. The molecule has 0 spiro atoms. The minimum Gasteiger partial charge on any atom is -0.405 e. The second kappa shape index (κ2) is 8.55. The maximum Gasteiger partial charge on any atom is 0.313 e. The molecule has 0 atom stereocenters. The topological polar surface area (TPSA) is 112 Å². The highest BCUT2D eigenvalue weighted by Gasteiger charge is 2.13. The van der Waals surface area contributed by atoms with Gasteiger partial charge in [0.2, 0.25) is 0 Å². The molecule has 0 saturated heterocycles. The summed E-state index contributed by atoms with van der Waals surface area (Å²) in [4.78, 5) is 37.3. The Kier molecular flexibility index (Phi) is 6.74. The van der Waals surface area contributed by atoms with Gasteiger partial charge in [0.25, 0.3) is 17.7 Å². The molecule has 9 heteroatoms. The van der Waals surface area contributed by atoms with Crippen LogP contribution in [-0.4, -0.2) is 30.1 Å². The molecule has 1 heterocycles. The Labute approximate surface area is 126 Å². The monoisotopic (exact) mass is 312 g/mol. The molecule has 0 fully saturated rings. The smallest absolute Gasteiger partial charge is 0.313 e. The van der Waals surface area contributed by atoms with Crippen molar-refractivity contribution >= 4 is 11.9 Å². The zero-order chi connectivity index (χ0) is 16.5. The van der Waals surface area contributed by atoms with Gasteiger partial charge in [0, 0.05) is 12.6 Å². The van der Waals surface area contributed by atoms with Crippen molar-refractivity contribution in [3.8, 4) is 0 Å². The summed E-state index contributed by atoms with van der Waals surface area (Å²) in [6.07, 6.45) is 3.16. The summed E-state index contributed by atoms with van der Waals surface area (Å²) in [5.41, 5.74) is 0.337. The summed E-state index contributed by atoms with van der Waals surface area (Å²) in [5.74, 6) is -0.968. The van der Waals surface area contributed by atoms with E-state index in [0.717, 1.165) is 0 Å². The predicted molar refractivity (Wildman–Crippen MR) is 72.8 cm³/mol. The fraction of sp³-hybridized carbons (Fsp3) is 0.462. The number of pyridine rings is 1. The number of hydrogen-bond acceptors (Lipinski definition) is 6. The second-order valence-corrected chi connectivity index (χ2v) is 4.67. The molecule has 1 aromatic rings. The van der Waals surface area contributed by atoms with Crippen LogP contribution in [0.15, 0.2) is 24.5 Å². The van der Waals surface area contributed by atoms with E-state index in [-0.39, 0.29) is 31.8 Å². The van der Waals surface area contributed by atoms with Crippen molar-refractivity contribution in [3.05, 3.63) is 40.2 Å². The first-order valence-corrected chi connectivity index (χ1v) is 6.61. The summed E-state index contributed by atoms with van der Waals surface area (Å²) in [5, 5.41) is 11.5. The number of nitrogens with one attached hydrogen (secondary N) is 1. The molecular weight excluding hydrogens is 294 g/mol. The summed E-state index contributed by atoms with van der Waals surface area (Å²) in [6, 6.07) is 3.20. The van der Waals surface area contributed by atoms with E-state index in [2.05, 4.69) is 10.2 Å². The van der Waals surface area contributed by atoms with Gasteiger partial charge >= 0.3 is 5.97 Å². The lowest BCUT2D eigenvalue weighted by atomic mass is 10.2. The van der Waals surface area contributed by atoms with Crippen molar-refractivity contribution in [2.75, 3.05) is 13.2 Å². The SMILES string of the molecule is CC(C)C(=O)OC[n+]1cccc(C(=O)NCCO[N+](=O)[O-])c1. The molecule has 0 aliphatic rings. The van der Waals surface area contributed by atoms with Gasteiger partial charge in [0.15, 0.2) is 12.4 Å². The molecule has 22 heavy (non-hydrogen) atoms. The van der Waals surface area contributed by atoms with Crippen LogP contribution in [0.2, 0.25) is 0 Å². The van der Waals surface area contributed by atoms with E-state index in [1.54, 1.807) is 36.7 Å². The predicted octanol–water partition coefficient (Wildman–Crippen LogP) is 0.0689. The number of rotatable bonds is 8. The largest absolute Gasteiger partial charge is 0.405 e. The lowest BCUT2D eigenvalue weighted by Gasteiger charge is -2.05. The molecule has 1 amide bonds. The van der Waals surface area contributed by atoms with Crippen LogP contribution in [0.1, 0.15) is 24.2 Å². The van der Waals surface area contributed by atoms with E-state index >= 15 is 0 Å². The Morgan fingerprint density at radius 1 is 1.45 bits per heavy atom. The van der Waals surface area contributed by atoms with E-state index in [1.807, 2.05) is 0 Å². The fourth-order valence-corrected chi connectivity index (χ4v) is 1.43. The van der Waals surface area contributed by atoms with Gasteiger partial charge in [-0.1, -0.05) is 13.8 Å². The maximum atomic E-state index is 11.8. The third kappa shape index (κ3) is 6.16. The Morgan fingerprint density at radius 2 is 2.18 bits per heavy atom. The summed E-state index contributed by atoms with van der Waals surface area (Å²) >= 11 is 0. The first-order valence-electron chi connectivity index (χ1n) is 6.61. The lowest BCUT2D eigenvalue weighted by Crippen LogP contribution is -2.38. The van der Waals surface area contributed by atoms with Crippen LogP contribution < -0.4 is 9.88 Å². The van der Waals surface area contributed by atoms with Crippen LogP contribution in [0.3, 0.4) is 0 Å². The van der Waals surface area contributed by atoms with Gasteiger partial charge in [-0.15, -0.1) is 10.1 Å². The molecule has 9 nitrogen and oxygen atoms in total. The van der Waals surface area contributed by atoms with Crippen molar-refractivity contribution in [1.29, 1.82) is 0 Å². The third-order valence-electron chi connectivity index (χ3n) is 2.53. The number of carbonyl (C=O) groups is 2. The number of ether oxygens (including phenoxy) is 1. The minimum atomic E-state index is -0.925. The quantitative estimate of drug-likeness (QED) is 0.239. The molecule has 0 radical (unpaired) electrons. The summed E-state index contributed by atoms with van der Waals surface area (Å²) < 4.78 is 6.59. The zero-order valence-electron chi connectivity index (χ0n) is 12.4. The third-order valence-corrected chi connectivity index (χ3v) is 2.53. The number of amides is 1. The first-order chi connectivity index (χ1) is 10.4. The number of aromatic nitrogens is 1. The molecule has 0 aliphatic heterocycles. The van der Waals surface area contributed by atoms with E-state index in [4.69, 9.17) is 4.74 Å². The molecule has 0 aromatic carbocycles. The Hall–Kier alpha value is -2.71. The van der Waals surface area contributed by atoms with Crippen LogP contribution in [0, 0.1) is 16.0 Å². The number of esters is 1. The average molecular weight is 312 g/mol. The Bertz CT molecular complexity index is 546. The second-order valence-electron chi connectivity index (χ2n) is 4.67. The minimum absolute atomic E-state index is 0.00255. The van der Waals surface area contributed by atoms with Crippen LogP contribution in [-0.2, 0) is 21.1 Å². The van der Waals surface area contributed by atoms with E-state index < -0.39 is 11.0 Å².